The average molecular weight is 341 g/mol. The van der Waals surface area contributed by atoms with Gasteiger partial charge in [-0.1, -0.05) is 6.07 Å². The van der Waals surface area contributed by atoms with Gasteiger partial charge in [0.05, 0.1) is 0 Å². The van der Waals surface area contributed by atoms with Crippen LogP contribution in [0.3, 0.4) is 0 Å². The maximum absolute atomic E-state index is 13.8. The number of carbonyl (C=O) groups is 1. The van der Waals surface area contributed by atoms with Crippen molar-refractivity contribution >= 4 is 11.6 Å². The Kier molecular flexibility index (Phi) is 3.76. The number of amides is 1. The van der Waals surface area contributed by atoms with Gasteiger partial charge >= 0.3 is 0 Å². The van der Waals surface area contributed by atoms with Crippen LogP contribution < -0.4 is 5.32 Å². The first-order chi connectivity index (χ1) is 12.1. The summed E-state index contributed by atoms with van der Waals surface area (Å²) in [6.07, 6.45) is 1.67. The zero-order chi connectivity index (χ0) is 17.4. The van der Waals surface area contributed by atoms with Crippen LogP contribution >= 0.6 is 0 Å². The summed E-state index contributed by atoms with van der Waals surface area (Å²) in [5.74, 6) is -1.93. The summed E-state index contributed by atoms with van der Waals surface area (Å²) in [6, 6.07) is 10.6. The van der Waals surface area contributed by atoms with Gasteiger partial charge in [0.25, 0.3) is 0 Å². The SMILES string of the molecule is O=C(Nc1ccc(-c2nnco2)cc1)[C@H]1C[C@@H]1c1c(F)cccc1F. The van der Waals surface area contributed by atoms with Gasteiger partial charge in [0.1, 0.15) is 11.6 Å². The lowest BCUT2D eigenvalue weighted by atomic mass is 10.1. The Labute approximate surface area is 141 Å². The van der Waals surface area contributed by atoms with E-state index in [1.165, 1.54) is 24.6 Å². The van der Waals surface area contributed by atoms with E-state index < -0.39 is 23.5 Å². The molecule has 0 saturated heterocycles. The Hall–Kier alpha value is -3.09. The Morgan fingerprint density at radius 2 is 1.84 bits per heavy atom. The molecule has 0 unspecified atom stereocenters. The fourth-order valence-electron chi connectivity index (χ4n) is 2.90. The summed E-state index contributed by atoms with van der Waals surface area (Å²) in [5.41, 5.74) is 1.32. The number of nitrogens with one attached hydrogen (secondary N) is 1. The van der Waals surface area contributed by atoms with Gasteiger partial charge in [-0.2, -0.15) is 0 Å². The zero-order valence-corrected chi connectivity index (χ0v) is 12.9. The standard InChI is InChI=1S/C18H13F2N3O2/c19-14-2-1-3-15(20)16(14)12-8-13(12)17(24)22-11-6-4-10(5-7-11)18-23-21-9-25-18/h1-7,9,12-13H,8H2,(H,22,24)/t12-,13-/m0/s1. The fraction of sp³-hybridized carbons (Fsp3) is 0.167. The van der Waals surface area contributed by atoms with Crippen molar-refractivity contribution in [2.24, 2.45) is 5.92 Å². The fourth-order valence-corrected chi connectivity index (χ4v) is 2.90. The number of rotatable bonds is 4. The zero-order valence-electron chi connectivity index (χ0n) is 12.9. The number of carbonyl (C=O) groups excluding carboxylic acids is 1. The molecular formula is C18H13F2N3O2. The predicted molar refractivity (Wildman–Crippen MR) is 85.6 cm³/mol. The van der Waals surface area contributed by atoms with Gasteiger partial charge in [0.15, 0.2) is 0 Å². The second-order valence-electron chi connectivity index (χ2n) is 5.89. The van der Waals surface area contributed by atoms with Crippen LogP contribution in [-0.2, 0) is 4.79 Å². The number of anilines is 1. The van der Waals surface area contributed by atoms with Crippen molar-refractivity contribution in [3.8, 4) is 11.5 Å². The Bertz CT molecular complexity index is 890. The number of nitrogens with zero attached hydrogens (tertiary/aromatic N) is 2. The van der Waals surface area contributed by atoms with Gasteiger partial charge in [-0.15, -0.1) is 10.2 Å². The van der Waals surface area contributed by atoms with E-state index in [4.69, 9.17) is 4.42 Å². The summed E-state index contributed by atoms with van der Waals surface area (Å²) < 4.78 is 32.7. The van der Waals surface area contributed by atoms with Crippen molar-refractivity contribution < 1.29 is 18.0 Å². The molecule has 0 radical (unpaired) electrons. The highest BCUT2D eigenvalue weighted by atomic mass is 19.1. The summed E-state index contributed by atoms with van der Waals surface area (Å²) in [6.45, 7) is 0. The molecule has 1 aliphatic rings. The van der Waals surface area contributed by atoms with Crippen LogP contribution in [0.4, 0.5) is 14.5 Å². The second kappa shape index (κ2) is 6.08. The Morgan fingerprint density at radius 3 is 2.48 bits per heavy atom. The van der Waals surface area contributed by atoms with Gasteiger partial charge < -0.3 is 9.73 Å². The minimum absolute atomic E-state index is 0.00519. The summed E-state index contributed by atoms with van der Waals surface area (Å²) in [5, 5.41) is 10.2. The third-order valence-electron chi connectivity index (χ3n) is 4.26. The quantitative estimate of drug-likeness (QED) is 0.785. The summed E-state index contributed by atoms with van der Waals surface area (Å²) >= 11 is 0. The normalized spacial score (nSPS) is 18.8. The number of hydrogen-bond acceptors (Lipinski definition) is 4. The predicted octanol–water partition coefficient (Wildman–Crippen LogP) is 3.76. The molecule has 0 spiro atoms. The first-order valence-electron chi connectivity index (χ1n) is 7.75. The molecule has 3 aromatic rings. The van der Waals surface area contributed by atoms with Gasteiger partial charge in [0.2, 0.25) is 18.2 Å². The van der Waals surface area contributed by atoms with Crippen LogP contribution in [-0.4, -0.2) is 16.1 Å². The van der Waals surface area contributed by atoms with E-state index in [-0.39, 0.29) is 11.5 Å². The van der Waals surface area contributed by atoms with E-state index in [1.54, 1.807) is 24.3 Å². The van der Waals surface area contributed by atoms with Crippen molar-refractivity contribution in [1.29, 1.82) is 0 Å². The smallest absolute Gasteiger partial charge is 0.247 e. The molecule has 1 N–H and O–H groups in total. The highest BCUT2D eigenvalue weighted by Crippen LogP contribution is 2.49. The topological polar surface area (TPSA) is 68.0 Å². The van der Waals surface area contributed by atoms with Gasteiger partial charge in [-0.25, -0.2) is 8.78 Å². The molecule has 2 aromatic carbocycles. The molecule has 1 saturated carbocycles. The third kappa shape index (κ3) is 3.00. The molecule has 1 fully saturated rings. The minimum Gasteiger partial charge on any atom is -0.423 e. The highest BCUT2D eigenvalue weighted by molar-refractivity contribution is 5.95. The van der Waals surface area contributed by atoms with E-state index in [1.807, 2.05) is 0 Å². The van der Waals surface area contributed by atoms with Crippen molar-refractivity contribution in [3.05, 3.63) is 66.1 Å². The molecule has 4 rings (SSSR count). The van der Waals surface area contributed by atoms with E-state index in [2.05, 4.69) is 15.5 Å². The van der Waals surface area contributed by atoms with Crippen molar-refractivity contribution in [2.75, 3.05) is 5.32 Å². The van der Waals surface area contributed by atoms with Gasteiger partial charge in [-0.3, -0.25) is 4.79 Å². The van der Waals surface area contributed by atoms with Crippen LogP contribution in [0.15, 0.2) is 53.3 Å². The Balaban J connectivity index is 1.43. The number of halogens is 2. The number of aromatic nitrogens is 2. The molecule has 1 heterocycles. The molecule has 2 atom stereocenters. The summed E-state index contributed by atoms with van der Waals surface area (Å²) in [4.78, 5) is 12.3. The maximum Gasteiger partial charge on any atom is 0.247 e. The van der Waals surface area contributed by atoms with E-state index in [9.17, 15) is 13.6 Å². The monoisotopic (exact) mass is 341 g/mol. The number of hydrogen-bond donors (Lipinski definition) is 1. The summed E-state index contributed by atoms with van der Waals surface area (Å²) in [7, 11) is 0. The van der Waals surface area contributed by atoms with Gasteiger partial charge in [0, 0.05) is 28.7 Å². The average Bonchev–Trinajstić information content (AvgIpc) is 3.18. The van der Waals surface area contributed by atoms with Crippen LogP contribution in [0.2, 0.25) is 0 Å². The molecule has 7 heteroatoms. The molecule has 0 bridgehead atoms. The lowest BCUT2D eigenvalue weighted by molar-refractivity contribution is -0.117. The second-order valence-corrected chi connectivity index (χ2v) is 5.89. The molecule has 126 valence electrons. The Morgan fingerprint density at radius 1 is 1.12 bits per heavy atom. The lowest BCUT2D eigenvalue weighted by Crippen LogP contribution is -2.14. The number of benzene rings is 2. The first kappa shape index (κ1) is 15.4. The minimum atomic E-state index is -0.607. The van der Waals surface area contributed by atoms with E-state index in [0.29, 0.717) is 18.0 Å². The molecule has 25 heavy (non-hydrogen) atoms. The van der Waals surface area contributed by atoms with Crippen LogP contribution in [0.25, 0.3) is 11.5 Å². The largest absolute Gasteiger partial charge is 0.423 e. The van der Waals surface area contributed by atoms with Crippen molar-refractivity contribution in [2.45, 2.75) is 12.3 Å². The molecule has 0 aliphatic heterocycles. The molecule has 5 nitrogen and oxygen atoms in total. The van der Waals surface area contributed by atoms with Crippen LogP contribution in [0, 0.1) is 17.6 Å². The van der Waals surface area contributed by atoms with Gasteiger partial charge in [-0.05, 0) is 42.8 Å². The van der Waals surface area contributed by atoms with Crippen LogP contribution in [0.5, 0.6) is 0 Å². The third-order valence-corrected chi connectivity index (χ3v) is 4.26. The van der Waals surface area contributed by atoms with Crippen molar-refractivity contribution in [3.63, 3.8) is 0 Å². The van der Waals surface area contributed by atoms with E-state index >= 15 is 0 Å². The maximum atomic E-state index is 13.8. The van der Waals surface area contributed by atoms with Crippen molar-refractivity contribution in [1.82, 2.24) is 10.2 Å². The molecule has 1 aliphatic carbocycles. The highest BCUT2D eigenvalue weighted by Gasteiger charge is 2.46. The molecule has 1 amide bonds. The first-order valence-corrected chi connectivity index (χ1v) is 7.75. The molecule has 1 aromatic heterocycles. The lowest BCUT2D eigenvalue weighted by Gasteiger charge is -2.07. The van der Waals surface area contributed by atoms with Crippen LogP contribution in [0.1, 0.15) is 17.9 Å². The molecular weight excluding hydrogens is 328 g/mol. The van der Waals surface area contributed by atoms with E-state index in [0.717, 1.165) is 5.56 Å².